The first kappa shape index (κ1) is 19.4. The van der Waals surface area contributed by atoms with Crippen molar-refractivity contribution in [1.29, 1.82) is 0 Å². The van der Waals surface area contributed by atoms with Crippen molar-refractivity contribution < 1.29 is 0 Å². The third-order valence-electron chi connectivity index (χ3n) is 7.23. The van der Waals surface area contributed by atoms with Gasteiger partial charge in [-0.1, -0.05) is 66.7 Å². The number of para-hydroxylation sites is 3. The molecule has 0 fully saturated rings. The Morgan fingerprint density at radius 2 is 1.31 bits per heavy atom. The lowest BCUT2D eigenvalue weighted by Gasteiger charge is -2.32. The summed E-state index contributed by atoms with van der Waals surface area (Å²) in [6.45, 7) is 0. The minimum atomic E-state index is 0.899. The Kier molecular flexibility index (Phi) is 3.91. The van der Waals surface area contributed by atoms with Crippen LogP contribution in [0, 0.1) is 0 Å². The molecule has 0 aliphatic carbocycles. The van der Waals surface area contributed by atoms with Crippen LogP contribution in [-0.4, -0.2) is 14.5 Å². The lowest BCUT2D eigenvalue weighted by Crippen LogP contribution is -2.16. The van der Waals surface area contributed by atoms with E-state index in [2.05, 4.69) is 118 Å². The highest BCUT2D eigenvalue weighted by molar-refractivity contribution is 6.15. The highest BCUT2D eigenvalue weighted by atomic mass is 15.2. The van der Waals surface area contributed by atoms with E-state index in [0.717, 1.165) is 34.0 Å². The summed E-state index contributed by atoms with van der Waals surface area (Å²) in [5.41, 5.74) is 7.95. The molecular formula is C32H20N4. The fourth-order valence-corrected chi connectivity index (χ4v) is 5.76. The van der Waals surface area contributed by atoms with Crippen molar-refractivity contribution in [1.82, 2.24) is 14.5 Å². The predicted molar refractivity (Wildman–Crippen MR) is 148 cm³/mol. The Hall–Kier alpha value is -4.96. The number of hydrogen-bond donors (Lipinski definition) is 0. The summed E-state index contributed by atoms with van der Waals surface area (Å²) in [6.07, 6.45) is 3.58. The molecule has 4 heteroatoms. The van der Waals surface area contributed by atoms with Crippen LogP contribution in [-0.2, 0) is 0 Å². The van der Waals surface area contributed by atoms with E-state index in [0.29, 0.717) is 0 Å². The molecule has 0 saturated carbocycles. The smallest absolute Gasteiger partial charge is 0.148 e. The average molecular weight is 461 g/mol. The van der Waals surface area contributed by atoms with Crippen LogP contribution >= 0.6 is 0 Å². The highest BCUT2D eigenvalue weighted by Crippen LogP contribution is 2.50. The highest BCUT2D eigenvalue weighted by Gasteiger charge is 2.28. The second kappa shape index (κ2) is 7.27. The summed E-state index contributed by atoms with van der Waals surface area (Å²) >= 11 is 0. The first-order valence-corrected chi connectivity index (χ1v) is 12.1. The fourth-order valence-electron chi connectivity index (χ4n) is 5.76. The van der Waals surface area contributed by atoms with Gasteiger partial charge >= 0.3 is 0 Å². The SMILES string of the molecule is c1ccc(N2c3ncncc3-c3cc(-n4c5ccccc5c5ccccc54)cc4cccc2c34)cc1. The standard InChI is InChI=1S/C32H20N4/c1-2-10-22(11-3-1)36-30-16-8-9-21-17-23(18-26(31(21)30)27-19-33-20-34-32(27)36)35-28-14-6-4-12-24(28)25-13-5-7-15-29(25)35/h1-20H. The molecule has 168 valence electrons. The van der Waals surface area contributed by atoms with Crippen LogP contribution in [0.1, 0.15) is 0 Å². The molecule has 0 amide bonds. The molecule has 1 aliphatic heterocycles. The van der Waals surface area contributed by atoms with E-state index in [1.807, 2.05) is 12.3 Å². The average Bonchev–Trinajstić information content (AvgIpc) is 3.28. The van der Waals surface area contributed by atoms with Gasteiger partial charge in [-0.3, -0.25) is 4.90 Å². The minimum absolute atomic E-state index is 0.899. The molecule has 0 spiro atoms. The van der Waals surface area contributed by atoms with Crippen LogP contribution in [0.2, 0.25) is 0 Å². The molecule has 0 atom stereocenters. The van der Waals surface area contributed by atoms with Crippen LogP contribution in [0.25, 0.3) is 49.4 Å². The summed E-state index contributed by atoms with van der Waals surface area (Å²) in [7, 11) is 0. The molecule has 2 aromatic heterocycles. The number of rotatable bonds is 2. The molecule has 4 nitrogen and oxygen atoms in total. The molecule has 0 bridgehead atoms. The maximum absolute atomic E-state index is 4.76. The van der Waals surface area contributed by atoms with Gasteiger partial charge in [-0.05, 0) is 53.4 Å². The molecule has 3 heterocycles. The van der Waals surface area contributed by atoms with Gasteiger partial charge in [-0.15, -0.1) is 0 Å². The van der Waals surface area contributed by atoms with Gasteiger partial charge in [0.1, 0.15) is 12.1 Å². The Balaban J connectivity index is 1.49. The van der Waals surface area contributed by atoms with Gasteiger partial charge in [0.2, 0.25) is 0 Å². The van der Waals surface area contributed by atoms with Gasteiger partial charge in [-0.2, -0.15) is 0 Å². The summed E-state index contributed by atoms with van der Waals surface area (Å²) in [5.74, 6) is 0.899. The maximum Gasteiger partial charge on any atom is 0.148 e. The normalized spacial score (nSPS) is 12.4. The molecule has 0 N–H and O–H groups in total. The van der Waals surface area contributed by atoms with Gasteiger partial charge in [-0.25, -0.2) is 9.97 Å². The predicted octanol–water partition coefficient (Wildman–Crippen LogP) is 8.18. The van der Waals surface area contributed by atoms with Crippen molar-refractivity contribution in [3.05, 3.63) is 122 Å². The van der Waals surface area contributed by atoms with E-state index in [4.69, 9.17) is 4.98 Å². The minimum Gasteiger partial charge on any atom is -0.309 e. The molecular weight excluding hydrogens is 440 g/mol. The first-order chi connectivity index (χ1) is 17.9. The van der Waals surface area contributed by atoms with Gasteiger partial charge in [0, 0.05) is 39.3 Å². The first-order valence-electron chi connectivity index (χ1n) is 12.1. The monoisotopic (exact) mass is 460 g/mol. The molecule has 0 saturated heterocycles. The molecule has 0 unspecified atom stereocenters. The van der Waals surface area contributed by atoms with E-state index >= 15 is 0 Å². The summed E-state index contributed by atoms with van der Waals surface area (Å²) in [4.78, 5) is 11.4. The van der Waals surface area contributed by atoms with Crippen LogP contribution in [0.15, 0.2) is 122 Å². The molecule has 7 aromatic rings. The number of nitrogens with zero attached hydrogens (tertiary/aromatic N) is 4. The van der Waals surface area contributed by atoms with Crippen molar-refractivity contribution in [2.45, 2.75) is 0 Å². The van der Waals surface area contributed by atoms with Gasteiger partial charge in [0.05, 0.1) is 16.7 Å². The van der Waals surface area contributed by atoms with E-state index < -0.39 is 0 Å². The van der Waals surface area contributed by atoms with Gasteiger partial charge < -0.3 is 4.57 Å². The Morgan fingerprint density at radius 3 is 2.08 bits per heavy atom. The van der Waals surface area contributed by atoms with Crippen LogP contribution < -0.4 is 4.90 Å². The quantitative estimate of drug-likeness (QED) is 0.261. The number of fused-ring (bicyclic) bond motifs is 5. The van der Waals surface area contributed by atoms with Crippen molar-refractivity contribution in [2.24, 2.45) is 0 Å². The fraction of sp³-hybridized carbons (Fsp3) is 0. The second-order valence-corrected chi connectivity index (χ2v) is 9.17. The van der Waals surface area contributed by atoms with E-state index in [1.54, 1.807) is 6.33 Å². The second-order valence-electron chi connectivity index (χ2n) is 9.17. The number of aromatic nitrogens is 3. The third-order valence-corrected chi connectivity index (χ3v) is 7.23. The van der Waals surface area contributed by atoms with Crippen LogP contribution in [0.3, 0.4) is 0 Å². The van der Waals surface area contributed by atoms with E-state index in [9.17, 15) is 0 Å². The third kappa shape index (κ3) is 2.58. The van der Waals surface area contributed by atoms with Crippen molar-refractivity contribution >= 4 is 49.8 Å². The van der Waals surface area contributed by atoms with E-state index in [1.165, 1.54) is 32.6 Å². The largest absolute Gasteiger partial charge is 0.309 e. The van der Waals surface area contributed by atoms with Gasteiger partial charge in [0.25, 0.3) is 0 Å². The molecule has 1 aliphatic rings. The van der Waals surface area contributed by atoms with Crippen molar-refractivity contribution in [3.8, 4) is 16.8 Å². The van der Waals surface area contributed by atoms with Crippen molar-refractivity contribution in [3.63, 3.8) is 0 Å². The topological polar surface area (TPSA) is 34.0 Å². The zero-order valence-corrected chi connectivity index (χ0v) is 19.3. The number of hydrogen-bond acceptors (Lipinski definition) is 3. The van der Waals surface area contributed by atoms with Gasteiger partial charge in [0.15, 0.2) is 0 Å². The molecule has 0 radical (unpaired) electrons. The van der Waals surface area contributed by atoms with Crippen LogP contribution in [0.4, 0.5) is 17.2 Å². The Labute approximate surface area is 207 Å². The Morgan fingerprint density at radius 1 is 0.583 bits per heavy atom. The molecule has 8 rings (SSSR count). The summed E-state index contributed by atoms with van der Waals surface area (Å²) < 4.78 is 2.38. The molecule has 36 heavy (non-hydrogen) atoms. The zero-order chi connectivity index (χ0) is 23.6. The molecule has 5 aromatic carbocycles. The lowest BCUT2D eigenvalue weighted by molar-refractivity contribution is 1.11. The Bertz CT molecular complexity index is 1900. The number of anilines is 3. The number of benzene rings is 5. The summed E-state index contributed by atoms with van der Waals surface area (Å²) in [6, 6.07) is 38.8. The lowest BCUT2D eigenvalue weighted by atomic mass is 9.92. The summed E-state index contributed by atoms with van der Waals surface area (Å²) in [5, 5.41) is 4.93. The van der Waals surface area contributed by atoms with E-state index in [-0.39, 0.29) is 0 Å². The maximum atomic E-state index is 4.76. The zero-order valence-electron chi connectivity index (χ0n) is 19.3. The van der Waals surface area contributed by atoms with Crippen molar-refractivity contribution in [2.75, 3.05) is 4.90 Å². The van der Waals surface area contributed by atoms with Crippen LogP contribution in [0.5, 0.6) is 0 Å².